The number of hydrogen-bond acceptors (Lipinski definition) is 4. The number of fused-ring (bicyclic) bond motifs is 1. The van der Waals surface area contributed by atoms with Crippen molar-refractivity contribution in [3.05, 3.63) is 48.6 Å². The molecule has 0 amide bonds. The summed E-state index contributed by atoms with van der Waals surface area (Å²) in [6.07, 6.45) is 8.80. The van der Waals surface area contributed by atoms with Gasteiger partial charge in [0.25, 0.3) is 0 Å². The summed E-state index contributed by atoms with van der Waals surface area (Å²) in [4.78, 5) is 9.17. The van der Waals surface area contributed by atoms with Gasteiger partial charge in [-0.05, 0) is 36.8 Å². The number of rotatable bonds is 3. The molecule has 4 rings (SSSR count). The number of nitrogens with zero attached hydrogens (tertiary/aromatic N) is 4. The second kappa shape index (κ2) is 5.14. The van der Waals surface area contributed by atoms with Crippen molar-refractivity contribution in [1.29, 1.82) is 0 Å². The summed E-state index contributed by atoms with van der Waals surface area (Å²) in [5, 5.41) is 10.3. The Balaban J connectivity index is 1.80. The lowest BCUT2D eigenvalue weighted by Crippen LogP contribution is -2.21. The fourth-order valence-corrected chi connectivity index (χ4v) is 2.58. The van der Waals surface area contributed by atoms with Gasteiger partial charge in [0.2, 0.25) is 0 Å². The smallest absolute Gasteiger partial charge is 0.164 e. The number of aromatic amines is 1. The Bertz CT molecular complexity index is 869. The average molecular weight is 292 g/mol. The Morgan fingerprint density at radius 1 is 1.23 bits per heavy atom. The topological polar surface area (TPSA) is 71.4 Å². The van der Waals surface area contributed by atoms with Crippen LogP contribution < -0.4 is 5.32 Å². The summed E-state index contributed by atoms with van der Waals surface area (Å²) in [6, 6.07) is 5.85. The minimum Gasteiger partial charge on any atom is -0.383 e. The highest BCUT2D eigenvalue weighted by atomic mass is 15.1. The molecule has 0 radical (unpaired) electrons. The molecule has 0 aliphatic carbocycles. The molecule has 0 atom stereocenters. The Morgan fingerprint density at radius 2 is 2.18 bits per heavy atom. The van der Waals surface area contributed by atoms with Gasteiger partial charge in [-0.15, -0.1) is 0 Å². The molecule has 0 saturated carbocycles. The third-order valence-electron chi connectivity index (χ3n) is 3.84. The second-order valence-electron chi connectivity index (χ2n) is 5.18. The maximum atomic E-state index is 4.73. The summed E-state index contributed by atoms with van der Waals surface area (Å²) in [5.41, 5.74) is 5.88. The molecule has 3 aromatic heterocycles. The van der Waals surface area contributed by atoms with E-state index in [1.54, 1.807) is 6.20 Å². The summed E-state index contributed by atoms with van der Waals surface area (Å²) in [6.45, 7) is 2.92. The van der Waals surface area contributed by atoms with E-state index in [0.717, 1.165) is 41.2 Å². The molecule has 0 fully saturated rings. The van der Waals surface area contributed by atoms with Gasteiger partial charge in [0, 0.05) is 17.6 Å². The lowest BCUT2D eigenvalue weighted by Gasteiger charge is -2.17. The fraction of sp³-hybridized carbons (Fsp3) is 0.188. The van der Waals surface area contributed by atoms with E-state index >= 15 is 0 Å². The van der Waals surface area contributed by atoms with Gasteiger partial charge in [0.1, 0.15) is 11.8 Å². The molecule has 0 bridgehead atoms. The van der Waals surface area contributed by atoms with Crippen LogP contribution >= 0.6 is 0 Å². The molecular weight excluding hydrogens is 276 g/mol. The van der Waals surface area contributed by atoms with Crippen LogP contribution in [-0.2, 0) is 0 Å². The molecule has 1 aliphatic heterocycles. The van der Waals surface area contributed by atoms with Crippen molar-refractivity contribution in [2.75, 3.05) is 6.54 Å². The SMILES string of the molecule is CCC1=CC=C(n2cnc3ccc(-c4ccn[nH]4)nc32)CN1. The van der Waals surface area contributed by atoms with Gasteiger partial charge >= 0.3 is 0 Å². The second-order valence-corrected chi connectivity index (χ2v) is 5.18. The Hall–Kier alpha value is -2.89. The Kier molecular flexibility index (Phi) is 3.00. The highest BCUT2D eigenvalue weighted by Crippen LogP contribution is 2.21. The van der Waals surface area contributed by atoms with Crippen LogP contribution in [0.25, 0.3) is 28.2 Å². The number of H-pyrrole nitrogens is 1. The number of nitrogens with one attached hydrogen (secondary N) is 2. The quantitative estimate of drug-likeness (QED) is 0.778. The van der Waals surface area contributed by atoms with Crippen LogP contribution in [-0.4, -0.2) is 31.3 Å². The van der Waals surface area contributed by atoms with Crippen molar-refractivity contribution in [2.24, 2.45) is 0 Å². The first-order valence-corrected chi connectivity index (χ1v) is 7.33. The van der Waals surface area contributed by atoms with Crippen molar-refractivity contribution in [1.82, 2.24) is 30.0 Å². The lowest BCUT2D eigenvalue weighted by atomic mass is 10.2. The van der Waals surface area contributed by atoms with Crippen LogP contribution in [0.5, 0.6) is 0 Å². The van der Waals surface area contributed by atoms with Crippen molar-refractivity contribution >= 4 is 16.9 Å². The van der Waals surface area contributed by atoms with Crippen molar-refractivity contribution in [3.63, 3.8) is 0 Å². The maximum Gasteiger partial charge on any atom is 0.164 e. The number of hydrogen-bond donors (Lipinski definition) is 2. The van der Waals surface area contributed by atoms with Gasteiger partial charge in [0.15, 0.2) is 5.65 Å². The molecule has 0 spiro atoms. The molecular formula is C16H16N6. The minimum absolute atomic E-state index is 0.779. The molecule has 0 aromatic carbocycles. The van der Waals surface area contributed by atoms with Crippen LogP contribution in [0, 0.1) is 0 Å². The monoisotopic (exact) mass is 292 g/mol. The number of dihydropyridines is 1. The van der Waals surface area contributed by atoms with E-state index in [0.29, 0.717) is 0 Å². The zero-order valence-electron chi connectivity index (χ0n) is 12.2. The van der Waals surface area contributed by atoms with Crippen LogP contribution in [0.3, 0.4) is 0 Å². The molecule has 22 heavy (non-hydrogen) atoms. The highest BCUT2D eigenvalue weighted by molar-refractivity contribution is 5.78. The largest absolute Gasteiger partial charge is 0.383 e. The highest BCUT2D eigenvalue weighted by Gasteiger charge is 2.12. The Morgan fingerprint density at radius 3 is 2.91 bits per heavy atom. The first-order valence-electron chi connectivity index (χ1n) is 7.33. The van der Waals surface area contributed by atoms with E-state index < -0.39 is 0 Å². The predicted molar refractivity (Wildman–Crippen MR) is 85.8 cm³/mol. The zero-order chi connectivity index (χ0) is 14.9. The number of imidazole rings is 1. The Labute approximate surface area is 127 Å². The lowest BCUT2D eigenvalue weighted by molar-refractivity contribution is 0.816. The van der Waals surface area contributed by atoms with E-state index in [1.165, 1.54) is 5.70 Å². The third-order valence-corrected chi connectivity index (χ3v) is 3.84. The van der Waals surface area contributed by atoms with E-state index in [9.17, 15) is 0 Å². The number of aromatic nitrogens is 5. The molecule has 1 aliphatic rings. The maximum absolute atomic E-state index is 4.73. The zero-order valence-corrected chi connectivity index (χ0v) is 12.2. The van der Waals surface area contributed by atoms with Gasteiger partial charge in [-0.2, -0.15) is 5.10 Å². The molecule has 2 N–H and O–H groups in total. The minimum atomic E-state index is 0.779. The predicted octanol–water partition coefficient (Wildman–Crippen LogP) is 2.56. The summed E-state index contributed by atoms with van der Waals surface area (Å²) in [5.74, 6) is 0. The van der Waals surface area contributed by atoms with Crippen LogP contribution in [0.4, 0.5) is 0 Å². The number of pyridine rings is 1. The summed E-state index contributed by atoms with van der Waals surface area (Å²) >= 11 is 0. The van der Waals surface area contributed by atoms with Crippen LogP contribution in [0.15, 0.2) is 48.6 Å². The standard InChI is InChI=1S/C16H16N6/c1-2-11-3-4-12(9-17-11)22-10-18-15-6-5-13(20-16(15)22)14-7-8-19-21-14/h3-8,10,17H,2,9H2,1H3,(H,19,21). The summed E-state index contributed by atoms with van der Waals surface area (Å²) < 4.78 is 2.03. The van der Waals surface area contributed by atoms with E-state index in [1.807, 2.05) is 29.1 Å². The van der Waals surface area contributed by atoms with Crippen molar-refractivity contribution in [2.45, 2.75) is 13.3 Å². The average Bonchev–Trinajstić information content (AvgIpc) is 3.24. The first kappa shape index (κ1) is 12.8. The van der Waals surface area contributed by atoms with Crippen molar-refractivity contribution in [3.8, 4) is 11.4 Å². The van der Waals surface area contributed by atoms with E-state index in [4.69, 9.17) is 4.98 Å². The molecule has 0 saturated heterocycles. The first-order chi connectivity index (χ1) is 10.8. The van der Waals surface area contributed by atoms with Gasteiger partial charge in [0.05, 0.1) is 17.9 Å². The molecule has 3 aromatic rings. The van der Waals surface area contributed by atoms with Gasteiger partial charge < -0.3 is 5.32 Å². The molecule has 6 nitrogen and oxygen atoms in total. The van der Waals surface area contributed by atoms with Gasteiger partial charge in [-0.3, -0.25) is 9.67 Å². The normalized spacial score (nSPS) is 14.6. The third kappa shape index (κ3) is 2.09. The number of allylic oxidation sites excluding steroid dienone is 3. The van der Waals surface area contributed by atoms with E-state index in [2.05, 4.69) is 39.6 Å². The summed E-state index contributed by atoms with van der Waals surface area (Å²) in [7, 11) is 0. The fourth-order valence-electron chi connectivity index (χ4n) is 2.58. The molecule has 0 unspecified atom stereocenters. The van der Waals surface area contributed by atoms with Gasteiger partial charge in [-0.1, -0.05) is 6.92 Å². The molecule has 6 heteroatoms. The van der Waals surface area contributed by atoms with Crippen LogP contribution in [0.1, 0.15) is 13.3 Å². The van der Waals surface area contributed by atoms with Gasteiger partial charge in [-0.25, -0.2) is 9.97 Å². The molecule has 4 heterocycles. The van der Waals surface area contributed by atoms with E-state index in [-0.39, 0.29) is 0 Å². The van der Waals surface area contributed by atoms with Crippen LogP contribution in [0.2, 0.25) is 0 Å². The van der Waals surface area contributed by atoms with Crippen molar-refractivity contribution < 1.29 is 0 Å². The molecule has 110 valence electrons.